The molecule has 126 valence electrons. The molecule has 6 nitrogen and oxygen atoms in total. The van der Waals surface area contributed by atoms with Crippen LogP contribution in [0.3, 0.4) is 0 Å². The van der Waals surface area contributed by atoms with Crippen LogP contribution in [0.15, 0.2) is 59.6 Å². The normalized spacial score (nSPS) is 22.0. The van der Waals surface area contributed by atoms with Gasteiger partial charge in [-0.05, 0) is 19.9 Å². The van der Waals surface area contributed by atoms with Crippen LogP contribution in [0.4, 0.5) is 0 Å². The molecule has 2 heterocycles. The zero-order chi connectivity index (χ0) is 18.4. The molecule has 0 aliphatic carbocycles. The van der Waals surface area contributed by atoms with Crippen molar-refractivity contribution in [3.05, 3.63) is 65.2 Å². The minimum absolute atomic E-state index is 0.0627. The average molecular weight is 335 g/mol. The summed E-state index contributed by atoms with van der Waals surface area (Å²) in [5, 5.41) is 9.74. The molecule has 3 rings (SSSR count). The van der Waals surface area contributed by atoms with Gasteiger partial charge in [0.05, 0.1) is 0 Å². The lowest BCUT2D eigenvalue weighted by Crippen LogP contribution is -2.46. The quantitative estimate of drug-likeness (QED) is 0.851. The highest BCUT2D eigenvalue weighted by atomic mass is 16.5. The summed E-state index contributed by atoms with van der Waals surface area (Å²) >= 11 is 0. The van der Waals surface area contributed by atoms with Gasteiger partial charge in [-0.25, -0.2) is 0 Å². The molecular weight excluding hydrogens is 318 g/mol. The Morgan fingerprint density at radius 2 is 2.16 bits per heavy atom. The van der Waals surface area contributed by atoms with Crippen molar-refractivity contribution in [3.8, 4) is 11.8 Å². The Hall–Kier alpha value is -3.33. The Morgan fingerprint density at radius 1 is 1.48 bits per heavy atom. The molecule has 2 aliphatic rings. The van der Waals surface area contributed by atoms with Crippen LogP contribution in [0.5, 0.6) is 5.75 Å². The van der Waals surface area contributed by atoms with E-state index in [9.17, 15) is 14.9 Å². The maximum absolute atomic E-state index is 13.5. The van der Waals surface area contributed by atoms with Crippen molar-refractivity contribution >= 4 is 11.7 Å². The lowest BCUT2D eigenvalue weighted by Gasteiger charge is -2.35. The zero-order valence-electron chi connectivity index (χ0n) is 14.0. The molecule has 0 fully saturated rings. The van der Waals surface area contributed by atoms with Crippen LogP contribution in [0.25, 0.3) is 0 Å². The molecule has 0 aromatic heterocycles. The van der Waals surface area contributed by atoms with Gasteiger partial charge in [-0.3, -0.25) is 9.59 Å². The van der Waals surface area contributed by atoms with E-state index in [0.29, 0.717) is 17.0 Å². The van der Waals surface area contributed by atoms with Crippen LogP contribution in [0.1, 0.15) is 19.4 Å². The van der Waals surface area contributed by atoms with Crippen molar-refractivity contribution in [2.75, 3.05) is 6.54 Å². The number of para-hydroxylation sites is 1. The number of nitrogens with two attached hydrogens (primary N) is 1. The molecule has 0 saturated heterocycles. The third-order valence-corrected chi connectivity index (χ3v) is 4.62. The molecule has 0 saturated carbocycles. The number of carbonyl (C=O) groups is 2. The first-order valence-corrected chi connectivity index (χ1v) is 7.74. The van der Waals surface area contributed by atoms with Gasteiger partial charge in [0.2, 0.25) is 11.8 Å². The second-order valence-corrected chi connectivity index (χ2v) is 5.92. The fourth-order valence-corrected chi connectivity index (χ4v) is 3.71. The number of fused-ring (bicyclic) bond motifs is 2. The van der Waals surface area contributed by atoms with Gasteiger partial charge in [-0.15, -0.1) is 6.58 Å². The zero-order valence-corrected chi connectivity index (χ0v) is 14.0. The molecule has 1 amide bonds. The smallest absolute Gasteiger partial charge is 0.247 e. The number of ether oxygens (including phenoxy) is 1. The summed E-state index contributed by atoms with van der Waals surface area (Å²) in [6.07, 6.45) is 1.57. The molecule has 1 atom stereocenters. The van der Waals surface area contributed by atoms with Crippen molar-refractivity contribution in [2.24, 2.45) is 5.73 Å². The third-order valence-electron chi connectivity index (χ3n) is 4.62. The largest absolute Gasteiger partial charge is 0.440 e. The average Bonchev–Trinajstić information content (AvgIpc) is 2.78. The van der Waals surface area contributed by atoms with Crippen molar-refractivity contribution in [1.82, 2.24) is 4.90 Å². The molecule has 0 radical (unpaired) electrons. The van der Waals surface area contributed by atoms with E-state index >= 15 is 0 Å². The second-order valence-electron chi connectivity index (χ2n) is 5.92. The Labute approximate surface area is 145 Å². The Balaban J connectivity index is 2.46. The second kappa shape index (κ2) is 5.64. The van der Waals surface area contributed by atoms with Gasteiger partial charge >= 0.3 is 0 Å². The minimum Gasteiger partial charge on any atom is -0.440 e. The molecular formula is C19H17N3O3. The highest BCUT2D eigenvalue weighted by Crippen LogP contribution is 2.53. The van der Waals surface area contributed by atoms with Crippen LogP contribution in [0.2, 0.25) is 0 Å². The number of ketones is 1. The molecule has 0 bridgehead atoms. The molecule has 2 N–H and O–H groups in total. The number of nitrogens with zero attached hydrogens (tertiary/aromatic N) is 2. The predicted octanol–water partition coefficient (Wildman–Crippen LogP) is 1.90. The van der Waals surface area contributed by atoms with Crippen molar-refractivity contribution in [1.29, 1.82) is 5.26 Å². The Bertz CT molecular complexity index is 920. The summed E-state index contributed by atoms with van der Waals surface area (Å²) in [5.41, 5.74) is 5.51. The Morgan fingerprint density at radius 3 is 2.76 bits per heavy atom. The summed E-state index contributed by atoms with van der Waals surface area (Å²) in [4.78, 5) is 27.4. The minimum atomic E-state index is -1.58. The number of allylic oxidation sites excluding steroid dienone is 1. The van der Waals surface area contributed by atoms with Crippen LogP contribution in [-0.4, -0.2) is 23.1 Å². The van der Waals surface area contributed by atoms with E-state index < -0.39 is 11.3 Å². The number of Topliss-reactive ketones (excluding diaryl/α,β-unsaturated/α-hetero) is 1. The van der Waals surface area contributed by atoms with E-state index in [4.69, 9.17) is 10.5 Å². The van der Waals surface area contributed by atoms with Crippen molar-refractivity contribution in [3.63, 3.8) is 0 Å². The lowest BCUT2D eigenvalue weighted by atomic mass is 9.67. The first kappa shape index (κ1) is 16.5. The molecule has 25 heavy (non-hydrogen) atoms. The number of nitriles is 1. The van der Waals surface area contributed by atoms with Crippen molar-refractivity contribution < 1.29 is 14.3 Å². The summed E-state index contributed by atoms with van der Waals surface area (Å²) in [7, 11) is 0. The number of carbonyl (C=O) groups excluding carboxylic acids is 2. The maximum Gasteiger partial charge on any atom is 0.247 e. The summed E-state index contributed by atoms with van der Waals surface area (Å²) < 4.78 is 5.54. The first-order chi connectivity index (χ1) is 11.9. The van der Waals surface area contributed by atoms with E-state index in [2.05, 4.69) is 6.58 Å². The van der Waals surface area contributed by atoms with E-state index in [0.717, 1.165) is 0 Å². The van der Waals surface area contributed by atoms with Crippen LogP contribution in [-0.2, 0) is 15.0 Å². The fraction of sp³-hybridized carbons (Fsp3) is 0.211. The first-order valence-electron chi connectivity index (χ1n) is 7.74. The maximum atomic E-state index is 13.5. The van der Waals surface area contributed by atoms with Crippen LogP contribution < -0.4 is 10.5 Å². The van der Waals surface area contributed by atoms with Gasteiger partial charge < -0.3 is 15.4 Å². The Kier molecular flexibility index (Phi) is 3.73. The van der Waals surface area contributed by atoms with E-state index in [1.165, 1.54) is 11.8 Å². The number of amides is 1. The molecule has 0 unspecified atom stereocenters. The lowest BCUT2D eigenvalue weighted by molar-refractivity contribution is -0.131. The molecule has 1 aromatic carbocycles. The summed E-state index contributed by atoms with van der Waals surface area (Å²) in [5.74, 6) is -0.499. The standard InChI is InChI=1S/C19H17N3O3/c1-4-9-22-11(2)16(12(3)23)19(18(22)24)13-7-5-6-8-15(13)25-17(21)14(19)10-20/h4-8H,1,9,21H2,2-3H3/t19-/m0/s1. The van der Waals surface area contributed by atoms with E-state index in [1.54, 1.807) is 37.3 Å². The summed E-state index contributed by atoms with van der Waals surface area (Å²) in [6.45, 7) is 6.97. The molecule has 1 spiro atoms. The molecule has 6 heteroatoms. The van der Waals surface area contributed by atoms with Gasteiger partial charge in [0.15, 0.2) is 5.78 Å². The van der Waals surface area contributed by atoms with Crippen LogP contribution >= 0.6 is 0 Å². The third kappa shape index (κ3) is 1.96. The number of hydrogen-bond donors (Lipinski definition) is 1. The topological polar surface area (TPSA) is 96.4 Å². The van der Waals surface area contributed by atoms with Crippen LogP contribution in [0, 0.1) is 11.3 Å². The number of rotatable bonds is 3. The van der Waals surface area contributed by atoms with Gasteiger partial charge in [-0.1, -0.05) is 24.3 Å². The number of benzene rings is 1. The van der Waals surface area contributed by atoms with E-state index in [1.807, 2.05) is 6.07 Å². The molecule has 1 aromatic rings. The highest BCUT2D eigenvalue weighted by molar-refractivity contribution is 6.13. The van der Waals surface area contributed by atoms with E-state index in [-0.39, 0.29) is 29.4 Å². The van der Waals surface area contributed by atoms with Gasteiger partial charge in [0, 0.05) is 23.4 Å². The van der Waals surface area contributed by atoms with Gasteiger partial charge in [-0.2, -0.15) is 5.26 Å². The predicted molar refractivity (Wildman–Crippen MR) is 90.9 cm³/mol. The van der Waals surface area contributed by atoms with Gasteiger partial charge in [0.25, 0.3) is 0 Å². The summed E-state index contributed by atoms with van der Waals surface area (Å²) in [6, 6.07) is 8.81. The van der Waals surface area contributed by atoms with Gasteiger partial charge in [0.1, 0.15) is 22.8 Å². The number of hydrogen-bond acceptors (Lipinski definition) is 5. The fourth-order valence-electron chi connectivity index (χ4n) is 3.71. The highest BCUT2D eigenvalue weighted by Gasteiger charge is 2.60. The van der Waals surface area contributed by atoms with Crippen molar-refractivity contribution in [2.45, 2.75) is 19.3 Å². The SMILES string of the molecule is C=CCN1C(=O)[C@@]2(C(C#N)=C(N)Oc3ccccc32)C(C(C)=O)=C1C. The molecule has 2 aliphatic heterocycles. The monoisotopic (exact) mass is 335 g/mol.